The van der Waals surface area contributed by atoms with Gasteiger partial charge >= 0.3 is 5.97 Å². The number of methoxy groups -OCH3 is 1. The molecule has 2 atom stereocenters. The Morgan fingerprint density at radius 2 is 2.00 bits per heavy atom. The Bertz CT molecular complexity index is 266. The summed E-state index contributed by atoms with van der Waals surface area (Å²) in [6.07, 6.45) is -1.03. The fourth-order valence-corrected chi connectivity index (χ4v) is 1.02. The molecule has 0 aromatic heterocycles. The van der Waals surface area contributed by atoms with Gasteiger partial charge in [0.25, 0.3) is 0 Å². The van der Waals surface area contributed by atoms with Crippen molar-refractivity contribution in [3.8, 4) is 0 Å². The van der Waals surface area contributed by atoms with E-state index < -0.39 is 29.4 Å². The summed E-state index contributed by atoms with van der Waals surface area (Å²) < 4.78 is 4.47. The van der Waals surface area contributed by atoms with E-state index in [1.54, 1.807) is 13.8 Å². The molecule has 0 radical (unpaired) electrons. The lowest BCUT2D eigenvalue weighted by atomic mass is 9.94. The molecular formula is C10H18ClNO4. The summed E-state index contributed by atoms with van der Waals surface area (Å²) in [6.45, 7) is 4.69. The lowest BCUT2D eigenvalue weighted by molar-refractivity contribution is -0.149. The summed E-state index contributed by atoms with van der Waals surface area (Å²) >= 11 is 5.63. The maximum absolute atomic E-state index is 11.7. The largest absolute Gasteiger partial charge is 0.467 e. The van der Waals surface area contributed by atoms with Gasteiger partial charge in [0.1, 0.15) is 0 Å². The molecule has 0 fully saturated rings. The summed E-state index contributed by atoms with van der Waals surface area (Å²) in [7, 11) is 1.19. The van der Waals surface area contributed by atoms with Gasteiger partial charge in [0.15, 0.2) is 6.04 Å². The summed E-state index contributed by atoms with van der Waals surface area (Å²) in [5.74, 6) is -0.973. The van der Waals surface area contributed by atoms with E-state index in [1.807, 2.05) is 0 Å². The van der Waals surface area contributed by atoms with Crippen molar-refractivity contribution >= 4 is 23.5 Å². The summed E-state index contributed by atoms with van der Waals surface area (Å²) in [6, 6.07) is -1.07. The number of esters is 1. The lowest BCUT2D eigenvalue weighted by Gasteiger charge is -2.25. The van der Waals surface area contributed by atoms with Crippen molar-refractivity contribution in [2.45, 2.75) is 32.9 Å². The van der Waals surface area contributed by atoms with E-state index in [4.69, 9.17) is 11.6 Å². The first kappa shape index (κ1) is 15.2. The number of amides is 1. The van der Waals surface area contributed by atoms with Gasteiger partial charge in [0.2, 0.25) is 5.91 Å². The molecule has 0 aromatic carbocycles. The van der Waals surface area contributed by atoms with Crippen LogP contribution in [-0.2, 0) is 14.3 Å². The van der Waals surface area contributed by atoms with Crippen LogP contribution >= 0.6 is 11.6 Å². The Labute approximate surface area is 100 Å². The second kappa shape index (κ2) is 6.06. The van der Waals surface area contributed by atoms with E-state index in [0.717, 1.165) is 0 Å². The quantitative estimate of drug-likeness (QED) is 0.544. The van der Waals surface area contributed by atoms with Gasteiger partial charge in [-0.05, 0) is 20.8 Å². The van der Waals surface area contributed by atoms with Crippen LogP contribution in [0.2, 0.25) is 0 Å². The third-order valence-electron chi connectivity index (χ3n) is 2.17. The number of rotatable bonds is 5. The first-order valence-corrected chi connectivity index (χ1v) is 5.42. The zero-order chi connectivity index (χ0) is 12.9. The van der Waals surface area contributed by atoms with Gasteiger partial charge in [-0.2, -0.15) is 0 Å². The number of alkyl halides is 1. The van der Waals surface area contributed by atoms with E-state index in [1.165, 1.54) is 14.0 Å². The normalized spacial score (nSPS) is 15.1. The van der Waals surface area contributed by atoms with Gasteiger partial charge in [-0.25, -0.2) is 4.79 Å². The molecule has 1 amide bonds. The number of aliphatic hydroxyl groups is 1. The van der Waals surface area contributed by atoms with Crippen molar-refractivity contribution < 1.29 is 19.4 Å². The van der Waals surface area contributed by atoms with E-state index in [-0.39, 0.29) is 5.88 Å². The van der Waals surface area contributed by atoms with Crippen LogP contribution in [0.5, 0.6) is 0 Å². The molecule has 0 saturated carbocycles. The summed E-state index contributed by atoms with van der Waals surface area (Å²) in [5.41, 5.74) is -0.803. The molecule has 0 spiro atoms. The van der Waals surface area contributed by atoms with Crippen LogP contribution in [0.25, 0.3) is 0 Å². The Morgan fingerprint density at radius 3 is 2.31 bits per heavy atom. The fraction of sp³-hybridized carbons (Fsp3) is 0.800. The molecule has 5 nitrogen and oxygen atoms in total. The minimum atomic E-state index is -1.07. The third kappa shape index (κ3) is 3.98. The van der Waals surface area contributed by atoms with Crippen LogP contribution in [0.15, 0.2) is 0 Å². The number of carbonyl (C=O) groups is 2. The average molecular weight is 252 g/mol. The molecule has 0 bridgehead atoms. The Hall–Kier alpha value is -0.810. The molecule has 2 N–H and O–H groups in total. The van der Waals surface area contributed by atoms with Crippen LogP contribution in [-0.4, -0.2) is 42.1 Å². The standard InChI is InChI=1S/C10H18ClNO4/c1-6(13)7(8(14)16-4)12-9(15)10(2,3)5-11/h6-7,13H,5H2,1-4H3,(H,12,15)/t6-,7+/m1/s1. The molecule has 94 valence electrons. The second-order valence-electron chi connectivity index (χ2n) is 4.23. The van der Waals surface area contributed by atoms with Gasteiger partial charge in [-0.15, -0.1) is 11.6 Å². The predicted molar refractivity (Wildman–Crippen MR) is 60.1 cm³/mol. The molecule has 0 heterocycles. The fourth-order valence-electron chi connectivity index (χ4n) is 0.901. The van der Waals surface area contributed by atoms with Crippen LogP contribution in [0.1, 0.15) is 20.8 Å². The predicted octanol–water partition coefficient (Wildman–Crippen LogP) is 0.290. The molecular weight excluding hydrogens is 234 g/mol. The first-order valence-electron chi connectivity index (χ1n) is 4.89. The smallest absolute Gasteiger partial charge is 0.331 e. The van der Waals surface area contributed by atoms with Crippen molar-refractivity contribution in [2.24, 2.45) is 5.41 Å². The highest BCUT2D eigenvalue weighted by atomic mass is 35.5. The second-order valence-corrected chi connectivity index (χ2v) is 4.50. The number of ether oxygens (including phenoxy) is 1. The molecule has 0 aliphatic rings. The Balaban J connectivity index is 4.65. The topological polar surface area (TPSA) is 75.6 Å². The van der Waals surface area contributed by atoms with Crippen molar-refractivity contribution in [1.82, 2.24) is 5.32 Å². The van der Waals surface area contributed by atoms with Crippen LogP contribution < -0.4 is 5.32 Å². The number of carbonyl (C=O) groups excluding carboxylic acids is 2. The van der Waals surface area contributed by atoms with Gasteiger partial charge in [-0.1, -0.05) is 0 Å². The van der Waals surface area contributed by atoms with E-state index in [2.05, 4.69) is 10.1 Å². The number of nitrogens with one attached hydrogen (secondary N) is 1. The van der Waals surface area contributed by atoms with Gasteiger partial charge < -0.3 is 15.2 Å². The first-order chi connectivity index (χ1) is 7.26. The van der Waals surface area contributed by atoms with Crippen LogP contribution in [0.4, 0.5) is 0 Å². The highest BCUT2D eigenvalue weighted by Gasteiger charge is 2.33. The lowest BCUT2D eigenvalue weighted by Crippen LogP contribution is -2.52. The van der Waals surface area contributed by atoms with E-state index in [0.29, 0.717) is 0 Å². The highest BCUT2D eigenvalue weighted by Crippen LogP contribution is 2.17. The minimum absolute atomic E-state index is 0.118. The molecule has 0 unspecified atom stereocenters. The van der Waals surface area contributed by atoms with Crippen LogP contribution in [0.3, 0.4) is 0 Å². The SMILES string of the molecule is COC(=O)[C@@H](NC(=O)C(C)(C)CCl)[C@@H](C)O. The van der Waals surface area contributed by atoms with Crippen molar-refractivity contribution in [2.75, 3.05) is 13.0 Å². The van der Waals surface area contributed by atoms with Crippen molar-refractivity contribution in [3.63, 3.8) is 0 Å². The summed E-state index contributed by atoms with van der Waals surface area (Å²) in [4.78, 5) is 23.0. The van der Waals surface area contributed by atoms with Crippen molar-refractivity contribution in [1.29, 1.82) is 0 Å². The Kier molecular flexibility index (Phi) is 5.75. The molecule has 0 saturated heterocycles. The zero-order valence-corrected chi connectivity index (χ0v) is 10.7. The van der Waals surface area contributed by atoms with E-state index in [9.17, 15) is 14.7 Å². The molecule has 16 heavy (non-hydrogen) atoms. The van der Waals surface area contributed by atoms with Gasteiger partial charge in [-0.3, -0.25) is 4.79 Å². The Morgan fingerprint density at radius 1 is 1.50 bits per heavy atom. The van der Waals surface area contributed by atoms with Crippen molar-refractivity contribution in [3.05, 3.63) is 0 Å². The molecule has 6 heteroatoms. The number of halogens is 1. The molecule has 0 aliphatic heterocycles. The van der Waals surface area contributed by atoms with Crippen LogP contribution in [0, 0.1) is 5.41 Å². The maximum atomic E-state index is 11.7. The third-order valence-corrected chi connectivity index (χ3v) is 2.84. The van der Waals surface area contributed by atoms with E-state index >= 15 is 0 Å². The zero-order valence-electron chi connectivity index (χ0n) is 9.91. The van der Waals surface area contributed by atoms with Gasteiger partial charge in [0.05, 0.1) is 18.6 Å². The maximum Gasteiger partial charge on any atom is 0.331 e. The summed E-state index contributed by atoms with van der Waals surface area (Å²) in [5, 5.41) is 11.8. The number of hydrogen-bond donors (Lipinski definition) is 2. The monoisotopic (exact) mass is 251 g/mol. The van der Waals surface area contributed by atoms with Gasteiger partial charge in [0, 0.05) is 5.88 Å². The molecule has 0 aliphatic carbocycles. The average Bonchev–Trinajstić information content (AvgIpc) is 2.23. The number of aliphatic hydroxyl groups excluding tert-OH is 1. The highest BCUT2D eigenvalue weighted by molar-refractivity contribution is 6.19. The minimum Gasteiger partial charge on any atom is -0.467 e. The molecule has 0 aromatic rings. The number of hydrogen-bond acceptors (Lipinski definition) is 4. The molecule has 0 rings (SSSR count).